The fourth-order valence-electron chi connectivity index (χ4n) is 4.88. The molecule has 7 nitrogen and oxygen atoms in total. The Hall–Kier alpha value is -2.44. The third-order valence-corrected chi connectivity index (χ3v) is 8.36. The molecule has 3 heterocycles. The minimum atomic E-state index is -4.70. The van der Waals surface area contributed by atoms with E-state index < -0.39 is 39.1 Å². The minimum Gasteiger partial charge on any atom is -0.506 e. The molecule has 4 rings (SSSR count). The van der Waals surface area contributed by atoms with Gasteiger partial charge in [-0.25, -0.2) is 4.39 Å². The maximum Gasteiger partial charge on any atom is 0.420 e. The Balaban J connectivity index is 1.59. The van der Waals surface area contributed by atoms with E-state index in [1.807, 2.05) is 11.8 Å². The lowest BCUT2D eigenvalue weighted by Gasteiger charge is -2.47. The van der Waals surface area contributed by atoms with Crippen LogP contribution in [0.3, 0.4) is 0 Å². The summed E-state index contributed by atoms with van der Waals surface area (Å²) in [6, 6.07) is 6.08. The van der Waals surface area contributed by atoms with E-state index in [0.717, 1.165) is 12.3 Å². The van der Waals surface area contributed by atoms with Gasteiger partial charge in [-0.2, -0.15) is 25.9 Å². The average Bonchev–Trinajstić information content (AvgIpc) is 2.89. The van der Waals surface area contributed by atoms with Crippen LogP contribution < -0.4 is 4.31 Å². The standard InChI is InChI=1S/C21H24F4N4O3S/c1-14-10-20(13-27(2)33(31,32)29(20)17-5-3-4-15(22)8-17)6-7-28(14)12-16-9-18(21(23,24)25)19(30)11-26-16/h3-5,8-9,11,14,30H,6-7,10,12-13H2,1-2H3/t14-,20+/m0/s1. The summed E-state index contributed by atoms with van der Waals surface area (Å²) in [5.74, 6) is -1.47. The van der Waals surface area contributed by atoms with Crippen molar-refractivity contribution in [3.8, 4) is 5.75 Å². The smallest absolute Gasteiger partial charge is 0.420 e. The molecule has 1 N–H and O–H groups in total. The summed E-state index contributed by atoms with van der Waals surface area (Å²) in [5, 5.41) is 9.51. The molecule has 0 radical (unpaired) electrons. The summed E-state index contributed by atoms with van der Waals surface area (Å²) in [4.78, 5) is 5.86. The van der Waals surface area contributed by atoms with Crippen molar-refractivity contribution in [3.05, 3.63) is 53.6 Å². The first-order chi connectivity index (χ1) is 15.3. The molecule has 0 saturated carbocycles. The third-order valence-electron chi connectivity index (χ3n) is 6.39. The number of likely N-dealkylation sites (N-methyl/N-ethyl adjacent to an activating group) is 1. The third kappa shape index (κ3) is 4.26. The van der Waals surface area contributed by atoms with Crippen molar-refractivity contribution in [3.63, 3.8) is 0 Å². The molecule has 1 aromatic heterocycles. The van der Waals surface area contributed by atoms with E-state index in [9.17, 15) is 31.1 Å². The molecule has 0 bridgehead atoms. The topological polar surface area (TPSA) is 77.0 Å². The lowest BCUT2D eigenvalue weighted by molar-refractivity contribution is -0.138. The molecule has 2 aliphatic heterocycles. The highest BCUT2D eigenvalue weighted by atomic mass is 32.2. The lowest BCUT2D eigenvalue weighted by atomic mass is 9.83. The molecule has 33 heavy (non-hydrogen) atoms. The number of alkyl halides is 3. The SMILES string of the molecule is C[C@H]1C[C@]2(CCN1Cc1cc(C(F)(F)F)c(O)cn1)CN(C)S(=O)(=O)N2c1cccc(F)c1. The van der Waals surface area contributed by atoms with E-state index in [2.05, 4.69) is 4.98 Å². The monoisotopic (exact) mass is 488 g/mol. The van der Waals surface area contributed by atoms with Gasteiger partial charge in [0.2, 0.25) is 0 Å². The molecule has 2 aromatic rings. The molecule has 1 aromatic carbocycles. The Morgan fingerprint density at radius 3 is 2.64 bits per heavy atom. The van der Waals surface area contributed by atoms with Gasteiger partial charge >= 0.3 is 16.4 Å². The second-order valence-electron chi connectivity index (χ2n) is 8.70. The van der Waals surface area contributed by atoms with Crippen molar-refractivity contribution in [2.45, 2.75) is 44.1 Å². The Kier molecular flexibility index (Phi) is 5.82. The number of halogens is 4. The van der Waals surface area contributed by atoms with Crippen LogP contribution in [0.1, 0.15) is 31.0 Å². The molecule has 12 heteroatoms. The Labute approximate surface area is 189 Å². The number of nitrogens with zero attached hydrogens (tertiary/aromatic N) is 4. The fraction of sp³-hybridized carbons (Fsp3) is 0.476. The molecular weight excluding hydrogens is 464 g/mol. The lowest BCUT2D eigenvalue weighted by Crippen LogP contribution is -2.57. The number of pyridine rings is 1. The van der Waals surface area contributed by atoms with Gasteiger partial charge in [0.05, 0.1) is 23.1 Å². The van der Waals surface area contributed by atoms with Gasteiger partial charge in [-0.05, 0) is 44.0 Å². The molecule has 1 spiro atoms. The molecule has 2 atom stereocenters. The number of benzene rings is 1. The van der Waals surface area contributed by atoms with E-state index in [0.29, 0.717) is 19.4 Å². The molecule has 2 aliphatic rings. The number of likely N-dealkylation sites (tertiary alicyclic amines) is 1. The summed E-state index contributed by atoms with van der Waals surface area (Å²) in [6.45, 7) is 2.61. The fourth-order valence-corrected chi connectivity index (χ4v) is 6.66. The first-order valence-corrected chi connectivity index (χ1v) is 11.7. The number of aromatic nitrogens is 1. The van der Waals surface area contributed by atoms with E-state index in [1.165, 1.54) is 33.9 Å². The van der Waals surface area contributed by atoms with Crippen LogP contribution in [0.4, 0.5) is 23.2 Å². The van der Waals surface area contributed by atoms with Gasteiger partial charge in [-0.1, -0.05) is 6.07 Å². The molecule has 0 aliphatic carbocycles. The maximum atomic E-state index is 13.9. The molecular formula is C21H24F4N4O3S. The normalized spacial score (nSPS) is 26.2. The number of aromatic hydroxyl groups is 1. The second kappa shape index (κ2) is 8.10. The van der Waals surface area contributed by atoms with Crippen molar-refractivity contribution < 1.29 is 31.1 Å². The van der Waals surface area contributed by atoms with Crippen LogP contribution >= 0.6 is 0 Å². The van der Waals surface area contributed by atoms with Crippen molar-refractivity contribution in [1.82, 2.24) is 14.2 Å². The Morgan fingerprint density at radius 2 is 2.00 bits per heavy atom. The van der Waals surface area contributed by atoms with Crippen molar-refractivity contribution in [2.24, 2.45) is 0 Å². The van der Waals surface area contributed by atoms with E-state index in [1.54, 1.807) is 6.07 Å². The zero-order valence-corrected chi connectivity index (χ0v) is 18.9. The molecule has 0 amide bonds. The maximum absolute atomic E-state index is 13.9. The summed E-state index contributed by atoms with van der Waals surface area (Å²) in [6.07, 6.45) is -3.11. The van der Waals surface area contributed by atoms with Crippen LogP contribution in [0.15, 0.2) is 36.5 Å². The van der Waals surface area contributed by atoms with Crippen LogP contribution in [0.25, 0.3) is 0 Å². The second-order valence-corrected chi connectivity index (χ2v) is 10.6. The number of rotatable bonds is 3. The quantitative estimate of drug-likeness (QED) is 0.671. The van der Waals surface area contributed by atoms with Crippen LogP contribution in [0, 0.1) is 5.82 Å². The van der Waals surface area contributed by atoms with Crippen LogP contribution in [-0.4, -0.2) is 59.4 Å². The zero-order chi connectivity index (χ0) is 24.2. The highest BCUT2D eigenvalue weighted by Crippen LogP contribution is 2.44. The van der Waals surface area contributed by atoms with Gasteiger partial charge < -0.3 is 5.11 Å². The van der Waals surface area contributed by atoms with Gasteiger partial charge in [0, 0.05) is 32.7 Å². The zero-order valence-electron chi connectivity index (χ0n) is 18.0. The van der Waals surface area contributed by atoms with Crippen LogP contribution in [0.5, 0.6) is 5.75 Å². The predicted octanol–water partition coefficient (Wildman–Crippen LogP) is 3.37. The Bertz CT molecular complexity index is 1160. The Morgan fingerprint density at radius 1 is 1.27 bits per heavy atom. The first-order valence-electron chi connectivity index (χ1n) is 10.3. The molecule has 2 saturated heterocycles. The highest BCUT2D eigenvalue weighted by Gasteiger charge is 2.55. The van der Waals surface area contributed by atoms with Crippen molar-refractivity contribution in [1.29, 1.82) is 0 Å². The summed E-state index contributed by atoms with van der Waals surface area (Å²) in [7, 11) is -2.38. The van der Waals surface area contributed by atoms with Crippen molar-refractivity contribution in [2.75, 3.05) is 24.4 Å². The first kappa shape index (κ1) is 23.7. The largest absolute Gasteiger partial charge is 0.506 e. The predicted molar refractivity (Wildman–Crippen MR) is 113 cm³/mol. The number of piperidine rings is 1. The van der Waals surface area contributed by atoms with E-state index in [-0.39, 0.29) is 30.5 Å². The van der Waals surface area contributed by atoms with E-state index in [4.69, 9.17) is 0 Å². The van der Waals surface area contributed by atoms with Gasteiger partial charge in [0.25, 0.3) is 0 Å². The molecule has 180 valence electrons. The van der Waals surface area contributed by atoms with Crippen molar-refractivity contribution >= 4 is 15.9 Å². The van der Waals surface area contributed by atoms with Crippen LogP contribution in [0.2, 0.25) is 0 Å². The summed E-state index contributed by atoms with van der Waals surface area (Å²) >= 11 is 0. The summed E-state index contributed by atoms with van der Waals surface area (Å²) in [5.41, 5.74) is -1.55. The average molecular weight is 489 g/mol. The number of hydrogen-bond acceptors (Lipinski definition) is 5. The van der Waals surface area contributed by atoms with E-state index >= 15 is 0 Å². The van der Waals surface area contributed by atoms with Gasteiger partial charge in [0.15, 0.2) is 0 Å². The molecule has 0 unspecified atom stereocenters. The number of anilines is 1. The molecule has 2 fully saturated rings. The highest BCUT2D eigenvalue weighted by molar-refractivity contribution is 7.90. The van der Waals surface area contributed by atoms with Crippen LogP contribution in [-0.2, 0) is 22.9 Å². The van der Waals surface area contributed by atoms with Gasteiger partial charge in [0.1, 0.15) is 17.1 Å². The van der Waals surface area contributed by atoms with Gasteiger partial charge in [-0.15, -0.1) is 0 Å². The van der Waals surface area contributed by atoms with Gasteiger partial charge in [-0.3, -0.25) is 14.2 Å². The minimum absolute atomic E-state index is 0.114. The number of hydrogen-bond donors (Lipinski definition) is 1. The summed E-state index contributed by atoms with van der Waals surface area (Å²) < 4.78 is 82.0.